The average Bonchev–Trinajstić information content (AvgIpc) is 2.80. The molecule has 0 fully saturated rings. The highest BCUT2D eigenvalue weighted by molar-refractivity contribution is 6.30. The zero-order chi connectivity index (χ0) is 22.2. The molecule has 31 heavy (non-hydrogen) atoms. The summed E-state index contributed by atoms with van der Waals surface area (Å²) in [6.45, 7) is -0.0380. The molecule has 1 heterocycles. The topological polar surface area (TPSA) is 82.6 Å². The Balaban J connectivity index is 1.92. The number of rotatable bonds is 8. The average molecular weight is 438 g/mol. The number of carbonyl (C=O) groups is 1. The summed E-state index contributed by atoms with van der Waals surface area (Å²) >= 11 is 5.95. The maximum atomic E-state index is 13.1. The third-order valence-corrected chi connectivity index (χ3v) is 4.59. The number of methoxy groups -OCH3 is 2. The molecule has 1 aromatic heterocycles. The lowest BCUT2D eigenvalue weighted by molar-refractivity contribution is -0.127. The van der Waals surface area contributed by atoms with E-state index in [1.807, 2.05) is 0 Å². The molecule has 8 heteroatoms. The van der Waals surface area contributed by atoms with Crippen LogP contribution in [0.25, 0.3) is 11.3 Å². The Bertz CT molecular complexity index is 1100. The molecular formula is C23H20ClN3O4. The minimum absolute atomic E-state index is 0.0380. The largest absolute Gasteiger partial charge is 0.493 e. The highest BCUT2D eigenvalue weighted by Gasteiger charge is 2.23. The van der Waals surface area contributed by atoms with Crippen molar-refractivity contribution in [2.45, 2.75) is 6.10 Å². The van der Waals surface area contributed by atoms with Crippen LogP contribution in [0.15, 0.2) is 54.9 Å². The number of nitrogens with one attached hydrogen (secondary N) is 1. The lowest BCUT2D eigenvalue weighted by atomic mass is 10.1. The molecule has 1 N–H and O–H groups in total. The number of benzene rings is 2. The first-order chi connectivity index (χ1) is 15.1. The van der Waals surface area contributed by atoms with Crippen LogP contribution in [0.3, 0.4) is 0 Å². The van der Waals surface area contributed by atoms with Gasteiger partial charge in [0, 0.05) is 23.0 Å². The SMILES string of the molecule is C#CCOC(C(=O)Nc1nccnc1-c1ccc(OC)c(OC)c1)c1ccc(Cl)cc1. The van der Waals surface area contributed by atoms with Gasteiger partial charge in [0.25, 0.3) is 5.91 Å². The van der Waals surface area contributed by atoms with Crippen molar-refractivity contribution in [3.8, 4) is 35.1 Å². The molecule has 0 aliphatic rings. The molecule has 3 aromatic rings. The number of hydrogen-bond donors (Lipinski definition) is 1. The van der Waals surface area contributed by atoms with E-state index in [-0.39, 0.29) is 12.4 Å². The van der Waals surface area contributed by atoms with Crippen LogP contribution in [0.1, 0.15) is 11.7 Å². The van der Waals surface area contributed by atoms with Crippen LogP contribution >= 0.6 is 11.6 Å². The van der Waals surface area contributed by atoms with Crippen molar-refractivity contribution >= 4 is 23.3 Å². The van der Waals surface area contributed by atoms with Crippen LogP contribution in [0.4, 0.5) is 5.82 Å². The van der Waals surface area contributed by atoms with Gasteiger partial charge in [-0.1, -0.05) is 29.7 Å². The van der Waals surface area contributed by atoms with Gasteiger partial charge in [-0.05, 0) is 35.9 Å². The third kappa shape index (κ3) is 5.31. The summed E-state index contributed by atoms with van der Waals surface area (Å²) in [5.74, 6) is 3.30. The highest BCUT2D eigenvalue weighted by atomic mass is 35.5. The van der Waals surface area contributed by atoms with Gasteiger partial charge in [-0.15, -0.1) is 6.42 Å². The lowest BCUT2D eigenvalue weighted by Gasteiger charge is -2.18. The van der Waals surface area contributed by atoms with Crippen LogP contribution < -0.4 is 14.8 Å². The molecule has 3 rings (SSSR count). The van der Waals surface area contributed by atoms with Crippen LogP contribution in [0, 0.1) is 12.3 Å². The molecule has 1 atom stereocenters. The molecule has 0 aliphatic carbocycles. The summed E-state index contributed by atoms with van der Waals surface area (Å²) in [6.07, 6.45) is 7.38. The summed E-state index contributed by atoms with van der Waals surface area (Å²) in [4.78, 5) is 21.7. The van der Waals surface area contributed by atoms with Crippen LogP contribution in [0.5, 0.6) is 11.5 Å². The third-order valence-electron chi connectivity index (χ3n) is 4.34. The minimum Gasteiger partial charge on any atom is -0.493 e. The first-order valence-corrected chi connectivity index (χ1v) is 9.60. The van der Waals surface area contributed by atoms with Crippen LogP contribution in [-0.4, -0.2) is 36.7 Å². The minimum atomic E-state index is -0.950. The quantitative estimate of drug-likeness (QED) is 0.533. The summed E-state index contributed by atoms with van der Waals surface area (Å²) in [5, 5.41) is 3.33. The smallest absolute Gasteiger partial charge is 0.259 e. The Morgan fingerprint density at radius 3 is 2.48 bits per heavy atom. The summed E-state index contributed by atoms with van der Waals surface area (Å²) in [6, 6.07) is 12.1. The van der Waals surface area contributed by atoms with E-state index in [0.717, 1.165) is 0 Å². The van der Waals surface area contributed by atoms with Crippen molar-refractivity contribution in [1.29, 1.82) is 0 Å². The van der Waals surface area contributed by atoms with Crippen LogP contribution in [0.2, 0.25) is 5.02 Å². The Morgan fingerprint density at radius 1 is 1.10 bits per heavy atom. The predicted molar refractivity (Wildman–Crippen MR) is 118 cm³/mol. The summed E-state index contributed by atoms with van der Waals surface area (Å²) in [7, 11) is 3.10. The van der Waals surface area contributed by atoms with Gasteiger partial charge in [-0.3, -0.25) is 9.78 Å². The first-order valence-electron chi connectivity index (χ1n) is 9.22. The van der Waals surface area contributed by atoms with E-state index in [2.05, 4.69) is 21.2 Å². The Kier molecular flexibility index (Phi) is 7.44. The van der Waals surface area contributed by atoms with E-state index in [1.165, 1.54) is 12.4 Å². The monoisotopic (exact) mass is 437 g/mol. The van der Waals surface area contributed by atoms with Crippen molar-refractivity contribution in [1.82, 2.24) is 9.97 Å². The van der Waals surface area contributed by atoms with E-state index in [1.54, 1.807) is 56.7 Å². The second-order valence-electron chi connectivity index (χ2n) is 6.26. The Morgan fingerprint density at radius 2 is 1.81 bits per heavy atom. The van der Waals surface area contributed by atoms with Crippen molar-refractivity contribution in [2.75, 3.05) is 26.1 Å². The number of amides is 1. The van der Waals surface area contributed by atoms with Gasteiger partial charge in [0.1, 0.15) is 12.3 Å². The van der Waals surface area contributed by atoms with E-state index in [0.29, 0.717) is 33.3 Å². The molecule has 0 aliphatic heterocycles. The summed E-state index contributed by atoms with van der Waals surface area (Å²) in [5.41, 5.74) is 1.76. The zero-order valence-electron chi connectivity index (χ0n) is 17.0. The molecule has 2 aromatic carbocycles. The van der Waals surface area contributed by atoms with Gasteiger partial charge in [-0.2, -0.15) is 0 Å². The van der Waals surface area contributed by atoms with E-state index in [4.69, 9.17) is 32.2 Å². The lowest BCUT2D eigenvalue weighted by Crippen LogP contribution is -2.24. The molecule has 7 nitrogen and oxygen atoms in total. The number of nitrogens with zero attached hydrogens (tertiary/aromatic N) is 2. The second kappa shape index (κ2) is 10.4. The molecule has 0 spiro atoms. The maximum Gasteiger partial charge on any atom is 0.259 e. The van der Waals surface area contributed by atoms with Gasteiger partial charge < -0.3 is 19.5 Å². The van der Waals surface area contributed by atoms with Crippen LogP contribution in [-0.2, 0) is 9.53 Å². The maximum absolute atomic E-state index is 13.1. The zero-order valence-corrected chi connectivity index (χ0v) is 17.7. The van der Waals surface area contributed by atoms with Crippen molar-refractivity contribution in [2.24, 2.45) is 0 Å². The fourth-order valence-electron chi connectivity index (χ4n) is 2.90. The molecule has 158 valence electrons. The molecule has 0 saturated carbocycles. The molecule has 0 saturated heterocycles. The van der Waals surface area contributed by atoms with Gasteiger partial charge in [0.15, 0.2) is 23.4 Å². The number of aromatic nitrogens is 2. The number of ether oxygens (including phenoxy) is 3. The van der Waals surface area contributed by atoms with E-state index >= 15 is 0 Å². The van der Waals surface area contributed by atoms with E-state index < -0.39 is 12.0 Å². The molecule has 0 bridgehead atoms. The van der Waals surface area contributed by atoms with Gasteiger partial charge in [-0.25, -0.2) is 4.98 Å². The number of anilines is 1. The Hall–Kier alpha value is -3.60. The number of halogens is 1. The fourth-order valence-corrected chi connectivity index (χ4v) is 3.02. The standard InChI is InChI=1S/C23H20ClN3O4/c1-4-13-31-21(15-5-8-17(24)9-6-15)23(28)27-22-20(25-11-12-26-22)16-7-10-18(29-2)19(14-16)30-3/h1,5-12,14,21H,13H2,2-3H3,(H,26,27,28). The number of terminal acetylenes is 1. The molecule has 0 radical (unpaired) electrons. The number of hydrogen-bond acceptors (Lipinski definition) is 6. The predicted octanol–water partition coefficient (Wildman–Crippen LogP) is 4.14. The molecular weight excluding hydrogens is 418 g/mol. The Labute approximate surface area is 185 Å². The molecule has 1 amide bonds. The van der Waals surface area contributed by atoms with Gasteiger partial charge in [0.2, 0.25) is 0 Å². The highest BCUT2D eigenvalue weighted by Crippen LogP contribution is 2.34. The van der Waals surface area contributed by atoms with Gasteiger partial charge in [0.05, 0.1) is 14.2 Å². The normalized spacial score (nSPS) is 11.3. The van der Waals surface area contributed by atoms with Crippen molar-refractivity contribution in [3.05, 3.63) is 65.4 Å². The number of carbonyl (C=O) groups excluding carboxylic acids is 1. The van der Waals surface area contributed by atoms with Crippen molar-refractivity contribution in [3.63, 3.8) is 0 Å². The first kappa shape index (κ1) is 22.1. The van der Waals surface area contributed by atoms with E-state index in [9.17, 15) is 4.79 Å². The fraction of sp³-hybridized carbons (Fsp3) is 0.174. The second-order valence-corrected chi connectivity index (χ2v) is 6.70. The van der Waals surface area contributed by atoms with Crippen molar-refractivity contribution < 1.29 is 19.0 Å². The molecule has 1 unspecified atom stereocenters. The van der Waals surface area contributed by atoms with Gasteiger partial charge >= 0.3 is 0 Å². The summed E-state index contributed by atoms with van der Waals surface area (Å²) < 4.78 is 16.2.